The molecule has 3 aromatic carbocycles. The number of carbonyl (C=O) groups is 1. The molecule has 13 heteroatoms. The van der Waals surface area contributed by atoms with Crippen LogP contribution >= 0.6 is 12.4 Å². The van der Waals surface area contributed by atoms with Crippen molar-refractivity contribution in [3.63, 3.8) is 0 Å². The molecule has 1 amide bonds. The number of methoxy groups -OCH3 is 2. The first kappa shape index (κ1) is 31.6. The van der Waals surface area contributed by atoms with Gasteiger partial charge in [0.15, 0.2) is 11.5 Å². The zero-order valence-electron chi connectivity index (χ0n) is 24.9. The fourth-order valence-corrected chi connectivity index (χ4v) is 5.07. The predicted molar refractivity (Wildman–Crippen MR) is 173 cm³/mol. The Morgan fingerprint density at radius 2 is 1.71 bits per heavy atom. The molecule has 1 atom stereocenters. The molecule has 2 N–H and O–H groups in total. The quantitative estimate of drug-likeness (QED) is 0.176. The second-order valence-electron chi connectivity index (χ2n) is 10.2. The zero-order chi connectivity index (χ0) is 30.3. The summed E-state index contributed by atoms with van der Waals surface area (Å²) in [6, 6.07) is 18.9. The third-order valence-corrected chi connectivity index (χ3v) is 7.31. The summed E-state index contributed by atoms with van der Waals surface area (Å²) in [5, 5.41) is 15.9. The highest BCUT2D eigenvalue weighted by molar-refractivity contribution is 5.95. The van der Waals surface area contributed by atoms with Gasteiger partial charge in [0.25, 0.3) is 0 Å². The van der Waals surface area contributed by atoms with Crippen LogP contribution in [0.5, 0.6) is 11.5 Å². The maximum atomic E-state index is 13.0. The van der Waals surface area contributed by atoms with E-state index < -0.39 is 6.04 Å². The zero-order valence-corrected chi connectivity index (χ0v) is 25.8. The lowest BCUT2D eigenvalue weighted by Gasteiger charge is -2.15. The first-order valence-electron chi connectivity index (χ1n) is 14.3. The average Bonchev–Trinajstić information content (AvgIpc) is 3.46. The van der Waals surface area contributed by atoms with Crippen LogP contribution in [0.25, 0.3) is 22.2 Å². The number of aromatic nitrogens is 5. The molecule has 0 unspecified atom stereocenters. The molecule has 12 nitrogen and oxygen atoms in total. The van der Waals surface area contributed by atoms with Crippen molar-refractivity contribution in [2.24, 2.45) is 0 Å². The van der Waals surface area contributed by atoms with Crippen molar-refractivity contribution in [2.75, 3.05) is 51.3 Å². The lowest BCUT2D eigenvalue weighted by molar-refractivity contribution is -0.119. The SMILES string of the molecule is COCCOc1cc2ncnc(Nc3cccc(-c4cn([C@H]5CCc6ccccc6NC5=O)nn4)c3)c2cc1OCCOC.Cl. The second kappa shape index (κ2) is 14.8. The van der Waals surface area contributed by atoms with Gasteiger partial charge in [-0.05, 0) is 42.7 Å². The van der Waals surface area contributed by atoms with Crippen molar-refractivity contribution in [3.05, 3.63) is 78.8 Å². The van der Waals surface area contributed by atoms with Crippen LogP contribution in [0, 0.1) is 0 Å². The highest BCUT2D eigenvalue weighted by Gasteiger charge is 2.26. The number of nitrogens with zero attached hydrogens (tertiary/aromatic N) is 5. The number of nitrogens with one attached hydrogen (secondary N) is 2. The monoisotopic (exact) mass is 631 g/mol. The van der Waals surface area contributed by atoms with Crippen molar-refractivity contribution >= 4 is 46.4 Å². The molecule has 0 bridgehead atoms. The number of aryl methyl sites for hydroxylation is 1. The van der Waals surface area contributed by atoms with E-state index in [0.29, 0.717) is 61.4 Å². The molecule has 0 fully saturated rings. The molecule has 0 aliphatic carbocycles. The maximum absolute atomic E-state index is 13.0. The summed E-state index contributed by atoms with van der Waals surface area (Å²) in [4.78, 5) is 22.0. The van der Waals surface area contributed by atoms with Gasteiger partial charge in [-0.15, -0.1) is 17.5 Å². The molecule has 45 heavy (non-hydrogen) atoms. The molecule has 1 aliphatic heterocycles. The normalized spacial score (nSPS) is 14.2. The summed E-state index contributed by atoms with van der Waals surface area (Å²) in [5.41, 5.74) is 4.94. The number of fused-ring (bicyclic) bond motifs is 2. The molecule has 0 saturated heterocycles. The van der Waals surface area contributed by atoms with Crippen LogP contribution < -0.4 is 20.1 Å². The first-order chi connectivity index (χ1) is 21.6. The van der Waals surface area contributed by atoms with Crippen molar-refractivity contribution in [1.29, 1.82) is 0 Å². The van der Waals surface area contributed by atoms with Crippen molar-refractivity contribution in [1.82, 2.24) is 25.0 Å². The summed E-state index contributed by atoms with van der Waals surface area (Å²) >= 11 is 0. The van der Waals surface area contributed by atoms with Crippen LogP contribution in [0.1, 0.15) is 18.0 Å². The molecule has 0 spiro atoms. The maximum Gasteiger partial charge on any atom is 0.249 e. The van der Waals surface area contributed by atoms with E-state index in [1.807, 2.05) is 66.9 Å². The van der Waals surface area contributed by atoms with E-state index >= 15 is 0 Å². The van der Waals surface area contributed by atoms with E-state index in [1.165, 1.54) is 6.33 Å². The summed E-state index contributed by atoms with van der Waals surface area (Å²) < 4.78 is 23.8. The molecular weight excluding hydrogens is 598 g/mol. The second-order valence-corrected chi connectivity index (χ2v) is 10.2. The number of para-hydroxylation sites is 1. The Morgan fingerprint density at radius 1 is 0.933 bits per heavy atom. The van der Waals surface area contributed by atoms with Crippen molar-refractivity contribution in [3.8, 4) is 22.8 Å². The average molecular weight is 632 g/mol. The van der Waals surface area contributed by atoms with Crippen molar-refractivity contribution in [2.45, 2.75) is 18.9 Å². The Bertz CT molecular complexity index is 1770. The Hall–Kier alpha value is -4.78. The van der Waals surface area contributed by atoms with Crippen LogP contribution in [-0.2, 0) is 20.7 Å². The fraction of sp³-hybridized carbons (Fsp3) is 0.281. The van der Waals surface area contributed by atoms with Gasteiger partial charge in [-0.1, -0.05) is 35.5 Å². The molecule has 3 heterocycles. The van der Waals surface area contributed by atoms with Gasteiger partial charge in [-0.3, -0.25) is 4.79 Å². The van der Waals surface area contributed by atoms with Gasteiger partial charge in [0.2, 0.25) is 5.91 Å². The summed E-state index contributed by atoms with van der Waals surface area (Å²) in [5.74, 6) is 1.62. The minimum atomic E-state index is -0.457. The number of carbonyl (C=O) groups excluding carboxylic acids is 1. The Morgan fingerprint density at radius 3 is 2.51 bits per heavy atom. The number of ether oxygens (including phenoxy) is 4. The molecule has 234 valence electrons. The Kier molecular flexibility index (Phi) is 10.4. The summed E-state index contributed by atoms with van der Waals surface area (Å²) in [7, 11) is 3.25. The van der Waals surface area contributed by atoms with Gasteiger partial charge in [0, 0.05) is 42.6 Å². The molecule has 1 aliphatic rings. The Labute approximate surface area is 266 Å². The number of rotatable bonds is 12. The highest BCUT2D eigenvalue weighted by Crippen LogP contribution is 2.35. The third kappa shape index (κ3) is 7.31. The van der Waals surface area contributed by atoms with E-state index in [2.05, 4.69) is 30.9 Å². The topological polar surface area (TPSA) is 135 Å². The molecule has 0 radical (unpaired) electrons. The third-order valence-electron chi connectivity index (χ3n) is 7.31. The van der Waals surface area contributed by atoms with E-state index in [0.717, 1.165) is 34.3 Å². The number of hydrogen-bond donors (Lipinski definition) is 2. The van der Waals surface area contributed by atoms with Gasteiger partial charge in [0.05, 0.1) is 24.9 Å². The molecular formula is C32H34ClN7O5. The minimum absolute atomic E-state index is 0. The van der Waals surface area contributed by atoms with Crippen LogP contribution in [0.3, 0.4) is 0 Å². The number of benzene rings is 3. The van der Waals surface area contributed by atoms with E-state index in [4.69, 9.17) is 18.9 Å². The molecule has 5 aromatic rings. The lowest BCUT2D eigenvalue weighted by atomic mass is 10.1. The molecule has 6 rings (SSSR count). The van der Waals surface area contributed by atoms with Gasteiger partial charge in [-0.25, -0.2) is 14.6 Å². The van der Waals surface area contributed by atoms with Crippen LogP contribution in [0.4, 0.5) is 17.2 Å². The van der Waals surface area contributed by atoms with Crippen LogP contribution in [-0.4, -0.2) is 71.5 Å². The van der Waals surface area contributed by atoms with Crippen LogP contribution in [0.15, 0.2) is 73.2 Å². The summed E-state index contributed by atoms with van der Waals surface area (Å²) in [6.07, 6.45) is 4.71. The number of halogens is 1. The van der Waals surface area contributed by atoms with Gasteiger partial charge >= 0.3 is 0 Å². The summed E-state index contributed by atoms with van der Waals surface area (Å²) in [6.45, 7) is 1.60. The number of amides is 1. The highest BCUT2D eigenvalue weighted by atomic mass is 35.5. The first-order valence-corrected chi connectivity index (χ1v) is 14.3. The minimum Gasteiger partial charge on any atom is -0.487 e. The Balaban J connectivity index is 0.00000400. The van der Waals surface area contributed by atoms with Crippen molar-refractivity contribution < 1.29 is 23.7 Å². The van der Waals surface area contributed by atoms with Gasteiger partial charge in [0.1, 0.15) is 37.1 Å². The van der Waals surface area contributed by atoms with Gasteiger partial charge in [-0.2, -0.15) is 0 Å². The standard InChI is InChI=1S/C32H33N7O5.ClH/c1-41-12-14-43-29-17-24-26(18-30(29)44-15-13-42-2)33-20-34-31(24)35-23-8-5-7-22(16-23)27-19-39(38-37-27)28-11-10-21-6-3-4-9-25(21)36-32(28)40;/h3-9,16-20,28H,10-15H2,1-2H3,(H,36,40)(H,33,34,35);1H/t28-;/m0./s1. The largest absolute Gasteiger partial charge is 0.487 e. The number of anilines is 3. The fourth-order valence-electron chi connectivity index (χ4n) is 5.07. The predicted octanol–water partition coefficient (Wildman–Crippen LogP) is 5.23. The van der Waals surface area contributed by atoms with Gasteiger partial charge < -0.3 is 29.6 Å². The van der Waals surface area contributed by atoms with E-state index in [1.54, 1.807) is 18.9 Å². The smallest absolute Gasteiger partial charge is 0.249 e. The van der Waals surface area contributed by atoms with E-state index in [9.17, 15) is 4.79 Å². The molecule has 0 saturated carbocycles. The molecule has 2 aromatic heterocycles. The lowest BCUT2D eigenvalue weighted by Crippen LogP contribution is -2.25. The number of hydrogen-bond acceptors (Lipinski definition) is 10. The van der Waals surface area contributed by atoms with Crippen LogP contribution in [0.2, 0.25) is 0 Å². The van der Waals surface area contributed by atoms with E-state index in [-0.39, 0.29) is 18.3 Å².